The summed E-state index contributed by atoms with van der Waals surface area (Å²) >= 11 is 1.36. The van der Waals surface area contributed by atoms with Crippen LogP contribution in [-0.2, 0) is 21.7 Å². The Morgan fingerprint density at radius 2 is 1.92 bits per heavy atom. The Hall–Kier alpha value is -1.09. The van der Waals surface area contributed by atoms with E-state index < -0.39 is 9.84 Å². The first-order valence-electron chi connectivity index (χ1n) is 8.96. The molecule has 25 heavy (non-hydrogen) atoms. The molecule has 1 amide bonds. The highest BCUT2D eigenvalue weighted by Crippen LogP contribution is 2.29. The second-order valence-electron chi connectivity index (χ2n) is 7.04. The number of aromatic nitrogens is 3. The molecule has 0 spiro atoms. The number of sulfone groups is 1. The van der Waals surface area contributed by atoms with E-state index >= 15 is 0 Å². The first-order valence-corrected chi connectivity index (χ1v) is 11.8. The van der Waals surface area contributed by atoms with Gasteiger partial charge < -0.3 is 9.88 Å². The molecule has 3 rings (SSSR count). The van der Waals surface area contributed by atoms with Crippen LogP contribution in [-0.4, -0.2) is 52.4 Å². The van der Waals surface area contributed by atoms with Gasteiger partial charge in [-0.05, 0) is 19.3 Å². The van der Waals surface area contributed by atoms with Crippen molar-refractivity contribution >= 4 is 27.5 Å². The molecule has 0 radical (unpaired) electrons. The van der Waals surface area contributed by atoms with E-state index in [9.17, 15) is 13.2 Å². The van der Waals surface area contributed by atoms with Crippen molar-refractivity contribution in [1.82, 2.24) is 20.1 Å². The number of thioether (sulfide) groups is 1. The fraction of sp³-hybridized carbons (Fsp3) is 0.812. The van der Waals surface area contributed by atoms with E-state index in [4.69, 9.17) is 0 Å². The average Bonchev–Trinajstić information content (AvgIpc) is 2.98. The summed E-state index contributed by atoms with van der Waals surface area (Å²) in [6.45, 7) is 0. The molecule has 1 saturated heterocycles. The Labute approximate surface area is 153 Å². The standard InChI is InChI=1S/C16H26N4O3S2/c1-20-15(12-8-9-25(22,23)11-12)18-19-16(20)24-10-14(21)17-13-6-4-2-3-5-7-13/h12-13H,2-11H2,1H3,(H,17,21). The number of carbonyl (C=O) groups is 1. The van der Waals surface area contributed by atoms with Gasteiger partial charge in [0.1, 0.15) is 5.82 Å². The zero-order valence-electron chi connectivity index (χ0n) is 14.6. The van der Waals surface area contributed by atoms with Crippen molar-refractivity contribution in [3.63, 3.8) is 0 Å². The number of rotatable bonds is 5. The van der Waals surface area contributed by atoms with Gasteiger partial charge in [0, 0.05) is 19.0 Å². The maximum atomic E-state index is 12.2. The zero-order chi connectivity index (χ0) is 17.9. The SMILES string of the molecule is Cn1c(SCC(=O)NC2CCCCCC2)nnc1C1CCS(=O)(=O)C1. The Bertz CT molecular complexity index is 709. The summed E-state index contributed by atoms with van der Waals surface area (Å²) in [4.78, 5) is 12.2. The zero-order valence-corrected chi connectivity index (χ0v) is 16.2. The quantitative estimate of drug-likeness (QED) is 0.611. The monoisotopic (exact) mass is 386 g/mol. The number of hydrogen-bond donors (Lipinski definition) is 1. The first-order chi connectivity index (χ1) is 11.9. The van der Waals surface area contributed by atoms with E-state index in [0.29, 0.717) is 29.2 Å². The molecule has 140 valence electrons. The molecule has 7 nitrogen and oxygen atoms in total. The summed E-state index contributed by atoms with van der Waals surface area (Å²) in [7, 11) is -1.11. The summed E-state index contributed by atoms with van der Waals surface area (Å²) in [6.07, 6.45) is 7.64. The van der Waals surface area contributed by atoms with Crippen molar-refractivity contribution in [3.8, 4) is 0 Å². The first kappa shape index (κ1) is 18.7. The van der Waals surface area contributed by atoms with Gasteiger partial charge in [0.05, 0.1) is 17.3 Å². The van der Waals surface area contributed by atoms with Crippen LogP contribution in [0.3, 0.4) is 0 Å². The van der Waals surface area contributed by atoms with Crippen LogP contribution < -0.4 is 5.32 Å². The second-order valence-corrected chi connectivity index (χ2v) is 10.2. The summed E-state index contributed by atoms with van der Waals surface area (Å²) in [6, 6.07) is 0.300. The lowest BCUT2D eigenvalue weighted by Gasteiger charge is -2.15. The molecule has 1 aliphatic carbocycles. The number of carbonyl (C=O) groups excluding carboxylic acids is 1. The highest BCUT2D eigenvalue weighted by atomic mass is 32.2. The number of nitrogens with zero attached hydrogens (tertiary/aromatic N) is 3. The van der Waals surface area contributed by atoms with Crippen molar-refractivity contribution < 1.29 is 13.2 Å². The van der Waals surface area contributed by atoms with Crippen molar-refractivity contribution in [2.45, 2.75) is 62.1 Å². The molecule has 2 aliphatic rings. The van der Waals surface area contributed by atoms with Gasteiger partial charge in [-0.1, -0.05) is 37.4 Å². The fourth-order valence-electron chi connectivity index (χ4n) is 3.63. The lowest BCUT2D eigenvalue weighted by molar-refractivity contribution is -0.119. The molecular formula is C16H26N4O3S2. The number of nitrogens with one attached hydrogen (secondary N) is 1. The minimum Gasteiger partial charge on any atom is -0.353 e. The van der Waals surface area contributed by atoms with Crippen LogP contribution in [0.15, 0.2) is 5.16 Å². The minimum atomic E-state index is -2.95. The Morgan fingerprint density at radius 3 is 2.56 bits per heavy atom. The molecule has 9 heteroatoms. The van der Waals surface area contributed by atoms with Crippen LogP contribution in [0.5, 0.6) is 0 Å². The molecule has 0 bridgehead atoms. The third-order valence-corrected chi connectivity index (χ3v) is 7.81. The molecule has 1 unspecified atom stereocenters. The van der Waals surface area contributed by atoms with Crippen molar-refractivity contribution in [2.75, 3.05) is 17.3 Å². The van der Waals surface area contributed by atoms with Gasteiger partial charge in [-0.15, -0.1) is 10.2 Å². The van der Waals surface area contributed by atoms with Crippen molar-refractivity contribution in [2.24, 2.45) is 7.05 Å². The van der Waals surface area contributed by atoms with E-state index in [0.717, 1.165) is 12.8 Å². The molecular weight excluding hydrogens is 360 g/mol. The summed E-state index contributed by atoms with van der Waals surface area (Å²) in [5.41, 5.74) is 0. The largest absolute Gasteiger partial charge is 0.353 e. The van der Waals surface area contributed by atoms with Crippen LogP contribution in [0.2, 0.25) is 0 Å². The summed E-state index contributed by atoms with van der Waals surface area (Å²) in [5, 5.41) is 12.1. The molecule has 2 heterocycles. The van der Waals surface area contributed by atoms with Gasteiger partial charge in [0.15, 0.2) is 15.0 Å². The van der Waals surface area contributed by atoms with Gasteiger partial charge >= 0.3 is 0 Å². The summed E-state index contributed by atoms with van der Waals surface area (Å²) < 4.78 is 25.1. The highest BCUT2D eigenvalue weighted by molar-refractivity contribution is 7.99. The van der Waals surface area contributed by atoms with Gasteiger partial charge in [-0.3, -0.25) is 4.79 Å². The van der Waals surface area contributed by atoms with Crippen LogP contribution in [0.4, 0.5) is 0 Å². The lowest BCUT2D eigenvalue weighted by atomic mass is 10.1. The molecule has 1 aromatic heterocycles. The Balaban J connectivity index is 1.52. The maximum Gasteiger partial charge on any atom is 0.230 e. The van der Waals surface area contributed by atoms with Crippen molar-refractivity contribution in [1.29, 1.82) is 0 Å². The Kier molecular flexibility index (Phi) is 6.04. The normalized spacial score (nSPS) is 24.1. The lowest BCUT2D eigenvalue weighted by Crippen LogP contribution is -2.35. The molecule has 2 fully saturated rings. The fourth-order valence-corrected chi connectivity index (χ4v) is 6.10. The minimum absolute atomic E-state index is 0.0323. The molecule has 1 aromatic rings. The van der Waals surface area contributed by atoms with E-state index in [1.54, 1.807) is 0 Å². The van der Waals surface area contributed by atoms with Crippen LogP contribution in [0.1, 0.15) is 56.7 Å². The Morgan fingerprint density at radius 1 is 1.20 bits per heavy atom. The number of amides is 1. The molecule has 1 atom stereocenters. The van der Waals surface area contributed by atoms with E-state index in [1.165, 1.54) is 37.4 Å². The average molecular weight is 387 g/mol. The van der Waals surface area contributed by atoms with E-state index in [-0.39, 0.29) is 23.3 Å². The molecule has 1 aliphatic heterocycles. The molecule has 0 aromatic carbocycles. The maximum absolute atomic E-state index is 12.2. The predicted octanol–water partition coefficient (Wildman–Crippen LogP) is 1.65. The third-order valence-electron chi connectivity index (χ3n) is 5.02. The topological polar surface area (TPSA) is 93.9 Å². The third kappa shape index (κ3) is 4.97. The molecule has 1 saturated carbocycles. The van der Waals surface area contributed by atoms with Gasteiger partial charge in [-0.2, -0.15) is 0 Å². The van der Waals surface area contributed by atoms with Crippen LogP contribution in [0.25, 0.3) is 0 Å². The van der Waals surface area contributed by atoms with Crippen molar-refractivity contribution in [3.05, 3.63) is 5.82 Å². The predicted molar refractivity (Wildman–Crippen MR) is 97.4 cm³/mol. The highest BCUT2D eigenvalue weighted by Gasteiger charge is 2.32. The van der Waals surface area contributed by atoms with E-state index in [1.807, 2.05) is 11.6 Å². The van der Waals surface area contributed by atoms with Gasteiger partial charge in [0.25, 0.3) is 0 Å². The van der Waals surface area contributed by atoms with Gasteiger partial charge in [-0.25, -0.2) is 8.42 Å². The molecule has 1 N–H and O–H groups in total. The van der Waals surface area contributed by atoms with Crippen LogP contribution in [0, 0.1) is 0 Å². The van der Waals surface area contributed by atoms with E-state index in [2.05, 4.69) is 15.5 Å². The smallest absolute Gasteiger partial charge is 0.230 e. The summed E-state index contributed by atoms with van der Waals surface area (Å²) in [5.74, 6) is 1.32. The van der Waals surface area contributed by atoms with Gasteiger partial charge in [0.2, 0.25) is 5.91 Å². The number of hydrogen-bond acceptors (Lipinski definition) is 6. The second kappa shape index (κ2) is 8.07. The van der Waals surface area contributed by atoms with Crippen LogP contribution >= 0.6 is 11.8 Å².